The first-order chi connectivity index (χ1) is 15.2. The van der Waals surface area contributed by atoms with Crippen LogP contribution in [0.25, 0.3) is 6.08 Å². The molecule has 3 aromatic carbocycles. The van der Waals surface area contributed by atoms with Gasteiger partial charge in [0, 0.05) is 17.2 Å². The van der Waals surface area contributed by atoms with Gasteiger partial charge < -0.3 is 14.5 Å². The Kier molecular flexibility index (Phi) is 6.80. The smallest absolute Gasteiger partial charge is 0.246 e. The molecule has 1 heterocycles. The maximum atomic E-state index is 12.7. The zero-order valence-electron chi connectivity index (χ0n) is 17.9. The monoisotopic (exact) mass is 413 g/mol. The van der Waals surface area contributed by atoms with Crippen LogP contribution in [0.4, 0.5) is 0 Å². The minimum absolute atomic E-state index is 0.0749. The SMILES string of the molecule is COc1ccc(/C=C/C(=O)N2CC[NH+](C(c3ccccc3)c3ccccc3)CC2)cc1. The summed E-state index contributed by atoms with van der Waals surface area (Å²) >= 11 is 0. The molecule has 0 saturated carbocycles. The summed E-state index contributed by atoms with van der Waals surface area (Å²) in [4.78, 5) is 16.2. The Balaban J connectivity index is 1.41. The highest BCUT2D eigenvalue weighted by atomic mass is 16.5. The lowest BCUT2D eigenvalue weighted by Gasteiger charge is -2.36. The molecule has 0 spiro atoms. The maximum Gasteiger partial charge on any atom is 0.246 e. The fraction of sp³-hybridized carbons (Fsp3) is 0.222. The molecule has 4 nitrogen and oxygen atoms in total. The molecular formula is C27H29N2O2+. The summed E-state index contributed by atoms with van der Waals surface area (Å²) in [5.41, 5.74) is 3.64. The molecule has 1 N–H and O–H groups in total. The number of rotatable bonds is 6. The third-order valence-electron chi connectivity index (χ3n) is 5.93. The number of piperazine rings is 1. The Morgan fingerprint density at radius 1 is 0.871 bits per heavy atom. The molecule has 3 aromatic rings. The quantitative estimate of drug-likeness (QED) is 0.630. The van der Waals surface area contributed by atoms with Gasteiger partial charge in [-0.3, -0.25) is 4.79 Å². The van der Waals surface area contributed by atoms with Gasteiger partial charge in [0.05, 0.1) is 33.3 Å². The van der Waals surface area contributed by atoms with Crippen molar-refractivity contribution in [2.24, 2.45) is 0 Å². The lowest BCUT2D eigenvalue weighted by Crippen LogP contribution is -3.15. The highest BCUT2D eigenvalue weighted by Crippen LogP contribution is 2.19. The second-order valence-electron chi connectivity index (χ2n) is 7.84. The van der Waals surface area contributed by atoms with Gasteiger partial charge in [-0.1, -0.05) is 72.8 Å². The first kappa shape index (κ1) is 20.9. The molecule has 1 saturated heterocycles. The van der Waals surface area contributed by atoms with Crippen LogP contribution in [0.5, 0.6) is 5.75 Å². The van der Waals surface area contributed by atoms with E-state index >= 15 is 0 Å². The van der Waals surface area contributed by atoms with Crippen molar-refractivity contribution in [3.05, 3.63) is 108 Å². The fourth-order valence-electron chi connectivity index (χ4n) is 4.25. The molecule has 1 aliphatic rings. The number of carbonyl (C=O) groups is 1. The fourth-order valence-corrected chi connectivity index (χ4v) is 4.25. The van der Waals surface area contributed by atoms with E-state index in [1.807, 2.05) is 35.2 Å². The topological polar surface area (TPSA) is 34.0 Å². The minimum Gasteiger partial charge on any atom is -0.497 e. The third-order valence-corrected chi connectivity index (χ3v) is 5.93. The van der Waals surface area contributed by atoms with Crippen LogP contribution in [0.1, 0.15) is 22.7 Å². The number of methoxy groups -OCH3 is 1. The number of benzene rings is 3. The average molecular weight is 414 g/mol. The summed E-state index contributed by atoms with van der Waals surface area (Å²) in [6, 6.07) is 29.4. The second kappa shape index (κ2) is 10.1. The molecule has 1 amide bonds. The standard InChI is InChI=1S/C27H28N2O2/c1-31-25-15-12-22(13-16-25)14-17-26(30)28-18-20-29(21-19-28)27(23-8-4-2-5-9-23)24-10-6-3-7-11-24/h2-17,27H,18-21H2,1H3/p+1/b17-14+. The van der Waals surface area contributed by atoms with Crippen LogP contribution in [0.15, 0.2) is 91.0 Å². The predicted octanol–water partition coefficient (Wildman–Crippen LogP) is 3.23. The molecular weight excluding hydrogens is 384 g/mol. The van der Waals surface area contributed by atoms with Crippen molar-refractivity contribution in [2.45, 2.75) is 6.04 Å². The van der Waals surface area contributed by atoms with Crippen LogP contribution >= 0.6 is 0 Å². The number of nitrogens with zero attached hydrogens (tertiary/aromatic N) is 1. The van der Waals surface area contributed by atoms with E-state index in [0.717, 1.165) is 37.5 Å². The van der Waals surface area contributed by atoms with Crippen molar-refractivity contribution in [2.75, 3.05) is 33.3 Å². The largest absolute Gasteiger partial charge is 0.497 e. The second-order valence-corrected chi connectivity index (χ2v) is 7.84. The molecule has 0 unspecified atom stereocenters. The number of carbonyl (C=O) groups excluding carboxylic acids is 1. The molecule has 31 heavy (non-hydrogen) atoms. The van der Waals surface area contributed by atoms with E-state index in [4.69, 9.17) is 4.74 Å². The Labute approximate surface area is 184 Å². The zero-order valence-corrected chi connectivity index (χ0v) is 17.9. The Morgan fingerprint density at radius 3 is 1.94 bits per heavy atom. The number of ether oxygens (including phenoxy) is 1. The Bertz CT molecular complexity index is 953. The van der Waals surface area contributed by atoms with Crippen molar-refractivity contribution in [1.29, 1.82) is 0 Å². The summed E-state index contributed by atoms with van der Waals surface area (Å²) in [6.45, 7) is 3.38. The van der Waals surface area contributed by atoms with Gasteiger partial charge in [-0.2, -0.15) is 0 Å². The molecule has 0 aromatic heterocycles. The molecule has 1 fully saturated rings. The van der Waals surface area contributed by atoms with E-state index in [-0.39, 0.29) is 11.9 Å². The van der Waals surface area contributed by atoms with Gasteiger partial charge in [-0.05, 0) is 23.8 Å². The summed E-state index contributed by atoms with van der Waals surface area (Å²) in [6.07, 6.45) is 3.55. The highest BCUT2D eigenvalue weighted by Gasteiger charge is 2.30. The first-order valence-corrected chi connectivity index (χ1v) is 10.8. The van der Waals surface area contributed by atoms with Crippen molar-refractivity contribution < 1.29 is 14.4 Å². The lowest BCUT2D eigenvalue weighted by atomic mass is 9.96. The van der Waals surface area contributed by atoms with Crippen molar-refractivity contribution in [3.8, 4) is 5.75 Å². The molecule has 4 rings (SSSR count). The summed E-state index contributed by atoms with van der Waals surface area (Å²) in [7, 11) is 1.65. The van der Waals surface area contributed by atoms with Gasteiger partial charge in [0.25, 0.3) is 0 Å². The Morgan fingerprint density at radius 2 is 1.42 bits per heavy atom. The van der Waals surface area contributed by atoms with Gasteiger partial charge >= 0.3 is 0 Å². The lowest BCUT2D eigenvalue weighted by molar-refractivity contribution is -0.929. The van der Waals surface area contributed by atoms with Crippen LogP contribution in [0.2, 0.25) is 0 Å². The van der Waals surface area contributed by atoms with Crippen LogP contribution in [0, 0.1) is 0 Å². The average Bonchev–Trinajstić information content (AvgIpc) is 2.85. The first-order valence-electron chi connectivity index (χ1n) is 10.8. The maximum absolute atomic E-state index is 12.7. The van der Waals surface area contributed by atoms with Crippen LogP contribution in [-0.2, 0) is 4.79 Å². The molecule has 0 atom stereocenters. The van der Waals surface area contributed by atoms with Crippen molar-refractivity contribution >= 4 is 12.0 Å². The molecule has 158 valence electrons. The van der Waals surface area contributed by atoms with Gasteiger partial charge in [-0.25, -0.2) is 0 Å². The van der Waals surface area contributed by atoms with E-state index in [0.29, 0.717) is 0 Å². The molecule has 1 aliphatic heterocycles. The normalized spacial score (nSPS) is 14.8. The van der Waals surface area contributed by atoms with E-state index in [2.05, 4.69) is 60.7 Å². The molecule has 0 radical (unpaired) electrons. The molecule has 0 aliphatic carbocycles. The van der Waals surface area contributed by atoms with Crippen molar-refractivity contribution in [3.63, 3.8) is 0 Å². The van der Waals surface area contributed by atoms with Gasteiger partial charge in [0.2, 0.25) is 5.91 Å². The number of amides is 1. The van der Waals surface area contributed by atoms with E-state index < -0.39 is 0 Å². The summed E-state index contributed by atoms with van der Waals surface area (Å²) in [5.74, 6) is 0.889. The van der Waals surface area contributed by atoms with Crippen LogP contribution < -0.4 is 9.64 Å². The highest BCUT2D eigenvalue weighted by molar-refractivity contribution is 5.91. The molecule has 4 heteroatoms. The molecule has 0 bridgehead atoms. The number of nitrogens with one attached hydrogen (secondary N) is 1. The third kappa shape index (κ3) is 5.22. The van der Waals surface area contributed by atoms with Crippen molar-refractivity contribution in [1.82, 2.24) is 4.90 Å². The van der Waals surface area contributed by atoms with Gasteiger partial charge in [-0.15, -0.1) is 0 Å². The van der Waals surface area contributed by atoms with Gasteiger partial charge in [0.1, 0.15) is 11.8 Å². The Hall–Kier alpha value is -3.37. The van der Waals surface area contributed by atoms with E-state index in [9.17, 15) is 4.79 Å². The predicted molar refractivity (Wildman–Crippen MR) is 124 cm³/mol. The van der Waals surface area contributed by atoms with E-state index in [1.165, 1.54) is 16.0 Å². The minimum atomic E-state index is 0.0749. The number of quaternary nitrogens is 1. The van der Waals surface area contributed by atoms with Crippen LogP contribution in [0.3, 0.4) is 0 Å². The van der Waals surface area contributed by atoms with Crippen LogP contribution in [-0.4, -0.2) is 44.1 Å². The van der Waals surface area contributed by atoms with Gasteiger partial charge in [0.15, 0.2) is 0 Å². The number of hydrogen-bond donors (Lipinski definition) is 1. The summed E-state index contributed by atoms with van der Waals surface area (Å²) < 4.78 is 5.18. The summed E-state index contributed by atoms with van der Waals surface area (Å²) in [5, 5.41) is 0. The number of hydrogen-bond acceptors (Lipinski definition) is 2. The van der Waals surface area contributed by atoms with E-state index in [1.54, 1.807) is 13.2 Å². The zero-order chi connectivity index (χ0) is 21.5.